The number of aliphatic imine (C=N–C) groups is 1. The van der Waals surface area contributed by atoms with Crippen LogP contribution in [0, 0.1) is 5.92 Å². The van der Waals surface area contributed by atoms with E-state index in [4.69, 9.17) is 4.74 Å². The summed E-state index contributed by atoms with van der Waals surface area (Å²) in [5.41, 5.74) is 2.65. The number of phenols is 1. The maximum Gasteiger partial charge on any atom is 0.336 e. The van der Waals surface area contributed by atoms with Crippen LogP contribution in [0.25, 0.3) is 0 Å². The van der Waals surface area contributed by atoms with Gasteiger partial charge in [0.15, 0.2) is 0 Å². The second-order valence-electron chi connectivity index (χ2n) is 6.96. The number of benzene rings is 1. The van der Waals surface area contributed by atoms with Gasteiger partial charge < -0.3 is 9.84 Å². The number of nitrogens with zero attached hydrogens (tertiary/aromatic N) is 1. The molecule has 1 heterocycles. The molecule has 0 bridgehead atoms. The van der Waals surface area contributed by atoms with Crippen molar-refractivity contribution in [2.45, 2.75) is 51.9 Å². The maximum absolute atomic E-state index is 12.8. The number of esters is 1. The first-order valence-electron chi connectivity index (χ1n) is 9.30. The first-order chi connectivity index (χ1) is 12.5. The number of ketones is 1. The van der Waals surface area contributed by atoms with Crippen molar-refractivity contribution in [1.82, 2.24) is 0 Å². The largest absolute Gasteiger partial charge is 0.508 e. The molecule has 1 saturated carbocycles. The second kappa shape index (κ2) is 7.85. The Kier molecular flexibility index (Phi) is 5.55. The SMILES string of the molecule is CCCCOC(=O)C1=C(C)N=C2CCCC(=O)[C@@H]2[C@H]1c1cccc(O)c1. The number of carbonyl (C=O) groups is 2. The van der Waals surface area contributed by atoms with E-state index in [9.17, 15) is 14.7 Å². The quantitative estimate of drug-likeness (QED) is 0.642. The Morgan fingerprint density at radius 1 is 1.31 bits per heavy atom. The molecule has 1 aliphatic heterocycles. The molecule has 1 fully saturated rings. The molecule has 3 rings (SSSR count). The summed E-state index contributed by atoms with van der Waals surface area (Å²) in [7, 11) is 0. The lowest BCUT2D eigenvalue weighted by molar-refractivity contribution is -0.139. The van der Waals surface area contributed by atoms with Crippen molar-refractivity contribution in [2.24, 2.45) is 10.9 Å². The van der Waals surface area contributed by atoms with E-state index in [0.29, 0.717) is 24.3 Å². The van der Waals surface area contributed by atoms with Crippen LogP contribution in [0.15, 0.2) is 40.5 Å². The Morgan fingerprint density at radius 3 is 2.85 bits per heavy atom. The Morgan fingerprint density at radius 2 is 2.12 bits per heavy atom. The van der Waals surface area contributed by atoms with Gasteiger partial charge in [0.25, 0.3) is 0 Å². The molecule has 0 aromatic heterocycles. The highest BCUT2D eigenvalue weighted by Crippen LogP contribution is 2.43. The van der Waals surface area contributed by atoms with Crippen LogP contribution in [0.5, 0.6) is 5.75 Å². The van der Waals surface area contributed by atoms with Crippen LogP contribution in [0.2, 0.25) is 0 Å². The molecule has 5 nitrogen and oxygen atoms in total. The number of rotatable bonds is 5. The second-order valence-corrected chi connectivity index (χ2v) is 6.96. The highest BCUT2D eigenvalue weighted by molar-refractivity contribution is 6.11. The fourth-order valence-corrected chi connectivity index (χ4v) is 3.85. The molecule has 1 aromatic carbocycles. The molecule has 0 spiro atoms. The van der Waals surface area contributed by atoms with Crippen LogP contribution in [0.3, 0.4) is 0 Å². The third-order valence-electron chi connectivity index (χ3n) is 5.09. The Labute approximate surface area is 153 Å². The Balaban J connectivity index is 2.05. The summed E-state index contributed by atoms with van der Waals surface area (Å²) < 4.78 is 5.45. The molecular weight excluding hydrogens is 330 g/mol. The average molecular weight is 355 g/mol. The van der Waals surface area contributed by atoms with Crippen LogP contribution in [0.4, 0.5) is 0 Å². The van der Waals surface area contributed by atoms with Gasteiger partial charge in [-0.15, -0.1) is 0 Å². The minimum atomic E-state index is -0.448. The molecule has 26 heavy (non-hydrogen) atoms. The molecule has 0 amide bonds. The minimum Gasteiger partial charge on any atom is -0.508 e. The van der Waals surface area contributed by atoms with Crippen molar-refractivity contribution in [3.63, 3.8) is 0 Å². The first-order valence-corrected chi connectivity index (χ1v) is 9.30. The number of hydrogen-bond donors (Lipinski definition) is 1. The molecule has 138 valence electrons. The maximum atomic E-state index is 12.8. The summed E-state index contributed by atoms with van der Waals surface area (Å²) in [5, 5.41) is 9.92. The molecule has 0 unspecified atom stereocenters. The number of unbranched alkanes of at least 4 members (excludes halogenated alkanes) is 1. The van der Waals surface area contributed by atoms with E-state index in [-0.39, 0.29) is 11.5 Å². The summed E-state index contributed by atoms with van der Waals surface area (Å²) in [5.74, 6) is -1.08. The van der Waals surface area contributed by atoms with Crippen LogP contribution < -0.4 is 0 Å². The highest BCUT2D eigenvalue weighted by Gasteiger charge is 2.43. The smallest absolute Gasteiger partial charge is 0.336 e. The van der Waals surface area contributed by atoms with E-state index >= 15 is 0 Å². The van der Waals surface area contributed by atoms with Crippen LogP contribution in [-0.2, 0) is 14.3 Å². The van der Waals surface area contributed by atoms with Gasteiger partial charge in [-0.1, -0.05) is 25.5 Å². The van der Waals surface area contributed by atoms with Gasteiger partial charge >= 0.3 is 5.97 Å². The standard InChI is InChI=1S/C21H25NO4/c1-3-4-11-26-21(25)18-13(2)22-16-9-6-10-17(24)20(16)19(18)14-7-5-8-15(23)12-14/h5,7-8,12,19-20,23H,3-4,6,9-11H2,1-2H3/t19-,20+/m0/s1. The van der Waals surface area contributed by atoms with Gasteiger partial charge in [0.2, 0.25) is 0 Å². The number of phenolic OH excluding ortho intramolecular Hbond substituents is 1. The number of ether oxygens (including phenoxy) is 1. The third-order valence-corrected chi connectivity index (χ3v) is 5.09. The average Bonchev–Trinajstić information content (AvgIpc) is 2.61. The van der Waals surface area contributed by atoms with Crippen LogP contribution >= 0.6 is 0 Å². The lowest BCUT2D eigenvalue weighted by Gasteiger charge is -2.35. The lowest BCUT2D eigenvalue weighted by Crippen LogP contribution is -2.39. The van der Waals surface area contributed by atoms with E-state index < -0.39 is 17.8 Å². The summed E-state index contributed by atoms with van der Waals surface area (Å²) in [6.07, 6.45) is 3.79. The van der Waals surface area contributed by atoms with Crippen molar-refractivity contribution in [2.75, 3.05) is 6.61 Å². The molecule has 0 saturated heterocycles. The molecule has 1 N–H and O–H groups in total. The summed E-state index contributed by atoms with van der Waals surface area (Å²) in [4.78, 5) is 30.1. The zero-order valence-corrected chi connectivity index (χ0v) is 15.3. The monoisotopic (exact) mass is 355 g/mol. The molecule has 2 aliphatic rings. The molecular formula is C21H25NO4. The van der Waals surface area contributed by atoms with Crippen molar-refractivity contribution >= 4 is 17.5 Å². The zero-order valence-electron chi connectivity index (χ0n) is 15.3. The number of hydrogen-bond acceptors (Lipinski definition) is 5. The van der Waals surface area contributed by atoms with Gasteiger partial charge in [-0.2, -0.15) is 0 Å². The van der Waals surface area contributed by atoms with Crippen LogP contribution in [0.1, 0.15) is 57.4 Å². The van der Waals surface area contributed by atoms with E-state index in [0.717, 1.165) is 37.0 Å². The summed E-state index contributed by atoms with van der Waals surface area (Å²) >= 11 is 0. The number of aromatic hydroxyl groups is 1. The number of Topliss-reactive ketones (excluding diaryl/α,β-unsaturated/α-hetero) is 1. The summed E-state index contributed by atoms with van der Waals surface area (Å²) in [6.45, 7) is 4.19. The first kappa shape index (κ1) is 18.4. The molecule has 1 aromatic rings. The minimum absolute atomic E-state index is 0.106. The van der Waals surface area contributed by atoms with Gasteiger partial charge in [-0.25, -0.2) is 4.79 Å². The predicted molar refractivity (Wildman–Crippen MR) is 99.2 cm³/mol. The van der Waals surface area contributed by atoms with Crippen LogP contribution in [-0.4, -0.2) is 29.2 Å². The zero-order chi connectivity index (χ0) is 18.7. The fourth-order valence-electron chi connectivity index (χ4n) is 3.85. The highest BCUT2D eigenvalue weighted by atomic mass is 16.5. The number of carbonyl (C=O) groups excluding carboxylic acids is 2. The molecule has 1 aliphatic carbocycles. The fraction of sp³-hybridized carbons (Fsp3) is 0.476. The van der Waals surface area contributed by atoms with E-state index in [1.165, 1.54) is 0 Å². The van der Waals surface area contributed by atoms with E-state index in [2.05, 4.69) is 4.99 Å². The molecule has 0 radical (unpaired) electrons. The van der Waals surface area contributed by atoms with Crippen molar-refractivity contribution in [1.29, 1.82) is 0 Å². The van der Waals surface area contributed by atoms with E-state index in [1.807, 2.05) is 13.0 Å². The Hall–Kier alpha value is -2.43. The number of allylic oxidation sites excluding steroid dienone is 1. The molecule has 2 atom stereocenters. The van der Waals surface area contributed by atoms with Crippen molar-refractivity contribution in [3.8, 4) is 5.75 Å². The van der Waals surface area contributed by atoms with Gasteiger partial charge in [-0.05, 0) is 43.9 Å². The van der Waals surface area contributed by atoms with Gasteiger partial charge in [0.1, 0.15) is 11.5 Å². The van der Waals surface area contributed by atoms with Gasteiger partial charge in [0, 0.05) is 23.7 Å². The lowest BCUT2D eigenvalue weighted by atomic mass is 9.69. The topological polar surface area (TPSA) is 76.0 Å². The van der Waals surface area contributed by atoms with Crippen molar-refractivity contribution < 1.29 is 19.4 Å². The van der Waals surface area contributed by atoms with Gasteiger partial charge in [0.05, 0.1) is 18.1 Å². The summed E-state index contributed by atoms with van der Waals surface area (Å²) in [6, 6.07) is 6.79. The normalized spacial score (nSPS) is 22.7. The predicted octanol–water partition coefficient (Wildman–Crippen LogP) is 3.92. The Bertz CT molecular complexity index is 778. The van der Waals surface area contributed by atoms with E-state index in [1.54, 1.807) is 25.1 Å². The number of fused-ring (bicyclic) bond motifs is 1. The van der Waals surface area contributed by atoms with Gasteiger partial charge in [-0.3, -0.25) is 9.79 Å². The molecule has 5 heteroatoms. The third kappa shape index (κ3) is 3.57. The van der Waals surface area contributed by atoms with Crippen molar-refractivity contribution in [3.05, 3.63) is 41.1 Å².